The zero-order chi connectivity index (χ0) is 15.9. The van der Waals surface area contributed by atoms with Gasteiger partial charge in [-0.3, -0.25) is 4.57 Å². The smallest absolute Gasteiger partial charge is 0.220 e. The Morgan fingerprint density at radius 1 is 1.45 bits per heavy atom. The van der Waals surface area contributed by atoms with Crippen molar-refractivity contribution in [1.82, 2.24) is 19.5 Å². The molecule has 0 fully saturated rings. The Bertz CT molecular complexity index is 677. The van der Waals surface area contributed by atoms with Gasteiger partial charge in [0.25, 0.3) is 0 Å². The topological polar surface area (TPSA) is 154 Å². The van der Waals surface area contributed by atoms with E-state index in [1.165, 1.54) is 6.33 Å². The summed E-state index contributed by atoms with van der Waals surface area (Å²) in [5.74, 6) is 0.420. The van der Waals surface area contributed by atoms with Crippen molar-refractivity contribution in [2.75, 3.05) is 25.1 Å². The minimum Gasteiger partial charge on any atom is -0.394 e. The van der Waals surface area contributed by atoms with Gasteiger partial charge in [0.05, 0.1) is 19.5 Å². The third kappa shape index (κ3) is 3.40. The first-order valence-electron chi connectivity index (χ1n) is 6.58. The number of rotatable bonds is 8. The van der Waals surface area contributed by atoms with E-state index in [0.29, 0.717) is 23.5 Å². The van der Waals surface area contributed by atoms with E-state index >= 15 is 0 Å². The molecule has 3 N–H and O–H groups in total. The molecule has 0 saturated heterocycles. The molecule has 118 valence electrons. The Labute approximate surface area is 125 Å². The summed E-state index contributed by atoms with van der Waals surface area (Å²) in [6.07, 6.45) is 0.801. The van der Waals surface area contributed by atoms with Crippen LogP contribution in [0.5, 0.6) is 0 Å². The van der Waals surface area contributed by atoms with Crippen LogP contribution in [-0.4, -0.2) is 55.6 Å². The van der Waals surface area contributed by atoms with Crippen LogP contribution in [0.2, 0.25) is 0 Å². The number of hydrogen-bond acceptors (Lipinski definition) is 8. The van der Waals surface area contributed by atoms with Crippen LogP contribution >= 0.6 is 0 Å². The quantitative estimate of drug-likeness (QED) is 0.365. The number of aromatic nitrogens is 4. The average Bonchev–Trinajstić information content (AvgIpc) is 2.92. The molecule has 2 aromatic heterocycles. The summed E-state index contributed by atoms with van der Waals surface area (Å²) >= 11 is 0. The molecule has 0 aromatic carbocycles. The summed E-state index contributed by atoms with van der Waals surface area (Å²) < 4.78 is 6.89. The van der Waals surface area contributed by atoms with Gasteiger partial charge in [-0.2, -0.15) is 0 Å². The predicted octanol–water partition coefficient (Wildman–Crippen LogP) is 0.527. The second kappa shape index (κ2) is 7.52. The molecule has 0 bridgehead atoms. The van der Waals surface area contributed by atoms with Crippen molar-refractivity contribution in [2.45, 2.75) is 19.8 Å². The van der Waals surface area contributed by atoms with Crippen molar-refractivity contribution in [3.05, 3.63) is 16.8 Å². The second-order valence-corrected chi connectivity index (χ2v) is 4.26. The van der Waals surface area contributed by atoms with Gasteiger partial charge in [-0.1, -0.05) is 0 Å². The van der Waals surface area contributed by atoms with Gasteiger partial charge < -0.3 is 20.3 Å². The lowest BCUT2D eigenvalue weighted by atomic mass is 10.4. The zero-order valence-corrected chi connectivity index (χ0v) is 11.9. The first kappa shape index (κ1) is 15.9. The molecule has 2 rings (SSSR count). The van der Waals surface area contributed by atoms with E-state index in [0.717, 1.165) is 0 Å². The molecule has 0 unspecified atom stereocenters. The standard InChI is InChI=1S/C11H16N8O3/c1-2-13-9-8-10(16-11(15-9)17-18-12)19(5-14-8)6-22-7(3-20)4-21/h5,7,20-21H,2-4,6H2,1H3,(H,13,15,16). The first-order valence-corrected chi connectivity index (χ1v) is 6.58. The Hall–Kier alpha value is -2.46. The van der Waals surface area contributed by atoms with Crippen LogP contribution < -0.4 is 5.32 Å². The Morgan fingerprint density at radius 3 is 2.86 bits per heavy atom. The van der Waals surface area contributed by atoms with Crippen LogP contribution in [0.25, 0.3) is 21.6 Å². The minimum atomic E-state index is -0.691. The number of hydrogen-bond donors (Lipinski definition) is 3. The first-order chi connectivity index (χ1) is 10.7. The van der Waals surface area contributed by atoms with Crippen molar-refractivity contribution in [2.24, 2.45) is 5.11 Å². The zero-order valence-electron chi connectivity index (χ0n) is 11.9. The number of aliphatic hydroxyl groups is 2. The number of anilines is 1. The van der Waals surface area contributed by atoms with Gasteiger partial charge in [0.2, 0.25) is 5.95 Å². The molecular weight excluding hydrogens is 292 g/mol. The molecule has 2 aromatic rings. The van der Waals surface area contributed by atoms with Gasteiger partial charge in [0.15, 0.2) is 17.0 Å². The molecule has 2 heterocycles. The SMILES string of the molecule is CCNc1nc(N=[N+]=[N-])nc2c1ncn2COC(CO)CO. The van der Waals surface area contributed by atoms with E-state index in [-0.39, 0.29) is 25.9 Å². The van der Waals surface area contributed by atoms with Crippen LogP contribution in [0.1, 0.15) is 6.92 Å². The molecule has 11 nitrogen and oxygen atoms in total. The molecule has 11 heteroatoms. The molecule has 0 amide bonds. The maximum atomic E-state index is 9.00. The van der Waals surface area contributed by atoms with E-state index in [4.69, 9.17) is 20.5 Å². The fourth-order valence-corrected chi connectivity index (χ4v) is 1.75. The van der Waals surface area contributed by atoms with Gasteiger partial charge in [-0.05, 0) is 17.6 Å². The highest BCUT2D eigenvalue weighted by Crippen LogP contribution is 2.22. The van der Waals surface area contributed by atoms with Crippen molar-refractivity contribution in [1.29, 1.82) is 0 Å². The summed E-state index contributed by atoms with van der Waals surface area (Å²) in [7, 11) is 0. The number of azide groups is 1. The molecule has 0 aliphatic heterocycles. The minimum absolute atomic E-state index is 0.0283. The molecule has 0 atom stereocenters. The van der Waals surface area contributed by atoms with Crippen LogP contribution in [0.15, 0.2) is 11.4 Å². The number of nitrogens with zero attached hydrogens (tertiary/aromatic N) is 7. The fourth-order valence-electron chi connectivity index (χ4n) is 1.75. The van der Waals surface area contributed by atoms with Gasteiger partial charge in [-0.15, -0.1) is 0 Å². The average molecular weight is 308 g/mol. The van der Waals surface area contributed by atoms with Gasteiger partial charge in [0, 0.05) is 11.5 Å². The van der Waals surface area contributed by atoms with Crippen molar-refractivity contribution in [3.63, 3.8) is 0 Å². The fraction of sp³-hybridized carbons (Fsp3) is 0.545. The number of aliphatic hydroxyl groups excluding tert-OH is 2. The maximum absolute atomic E-state index is 9.00. The van der Waals surface area contributed by atoms with E-state index in [2.05, 4.69) is 30.3 Å². The molecule has 0 radical (unpaired) electrons. The summed E-state index contributed by atoms with van der Waals surface area (Å²) in [6.45, 7) is 1.94. The third-order valence-electron chi connectivity index (χ3n) is 2.79. The van der Waals surface area contributed by atoms with Crippen LogP contribution in [0.3, 0.4) is 0 Å². The Balaban J connectivity index is 2.37. The highest BCUT2D eigenvalue weighted by Gasteiger charge is 2.13. The van der Waals surface area contributed by atoms with Crippen LogP contribution in [-0.2, 0) is 11.5 Å². The lowest BCUT2D eigenvalue weighted by Crippen LogP contribution is -2.23. The lowest BCUT2D eigenvalue weighted by Gasteiger charge is -2.13. The van der Waals surface area contributed by atoms with Crippen molar-refractivity contribution < 1.29 is 14.9 Å². The van der Waals surface area contributed by atoms with Crippen molar-refractivity contribution in [3.8, 4) is 0 Å². The number of imidazole rings is 1. The second-order valence-electron chi connectivity index (χ2n) is 4.26. The molecule has 0 spiro atoms. The lowest BCUT2D eigenvalue weighted by molar-refractivity contribution is -0.0488. The molecule has 0 aliphatic rings. The normalized spacial score (nSPS) is 10.9. The maximum Gasteiger partial charge on any atom is 0.220 e. The van der Waals surface area contributed by atoms with Gasteiger partial charge in [-0.25, -0.2) is 15.0 Å². The number of fused-ring (bicyclic) bond motifs is 1. The number of nitrogens with one attached hydrogen (secondary N) is 1. The van der Waals surface area contributed by atoms with Crippen LogP contribution in [0, 0.1) is 0 Å². The monoisotopic (exact) mass is 308 g/mol. The molecular formula is C11H16N8O3. The molecule has 22 heavy (non-hydrogen) atoms. The number of ether oxygens (including phenoxy) is 1. The third-order valence-corrected chi connectivity index (χ3v) is 2.79. The van der Waals surface area contributed by atoms with E-state index < -0.39 is 6.10 Å². The summed E-state index contributed by atoms with van der Waals surface area (Å²) in [6, 6.07) is 0. The van der Waals surface area contributed by atoms with Crippen LogP contribution in [0.4, 0.5) is 11.8 Å². The van der Waals surface area contributed by atoms with Crippen molar-refractivity contribution >= 4 is 22.9 Å². The Morgan fingerprint density at radius 2 is 2.23 bits per heavy atom. The molecule has 0 saturated carbocycles. The van der Waals surface area contributed by atoms with E-state index in [1.807, 2.05) is 6.92 Å². The predicted molar refractivity (Wildman–Crippen MR) is 77.3 cm³/mol. The van der Waals surface area contributed by atoms with Gasteiger partial charge in [0.1, 0.15) is 12.8 Å². The van der Waals surface area contributed by atoms with E-state index in [9.17, 15) is 0 Å². The summed E-state index contributed by atoms with van der Waals surface area (Å²) in [5.41, 5.74) is 9.45. The highest BCUT2D eigenvalue weighted by molar-refractivity contribution is 5.83. The van der Waals surface area contributed by atoms with Gasteiger partial charge >= 0.3 is 0 Å². The highest BCUT2D eigenvalue weighted by atomic mass is 16.5. The summed E-state index contributed by atoms with van der Waals surface area (Å²) in [5, 5.41) is 24.4. The van der Waals surface area contributed by atoms with E-state index in [1.54, 1.807) is 4.57 Å². The Kier molecular flexibility index (Phi) is 5.44. The summed E-state index contributed by atoms with van der Waals surface area (Å²) in [4.78, 5) is 15.1. The molecule has 0 aliphatic carbocycles. The largest absolute Gasteiger partial charge is 0.394 e.